The maximum Gasteiger partial charge on any atom is 0.103 e. The third kappa shape index (κ3) is 5.61. The minimum Gasteiger partial charge on any atom is -0.353 e. The van der Waals surface area contributed by atoms with Crippen molar-refractivity contribution in [3.8, 4) is 12.1 Å². The first kappa shape index (κ1) is 22.5. The molecule has 28 heavy (non-hydrogen) atoms. The van der Waals surface area contributed by atoms with Gasteiger partial charge in [0.25, 0.3) is 0 Å². The summed E-state index contributed by atoms with van der Waals surface area (Å²) in [7, 11) is 0. The van der Waals surface area contributed by atoms with E-state index in [1.54, 1.807) is 23.5 Å². The highest BCUT2D eigenvalue weighted by Gasteiger charge is 2.24. The van der Waals surface area contributed by atoms with Crippen LogP contribution in [-0.4, -0.2) is 11.5 Å². The summed E-state index contributed by atoms with van der Waals surface area (Å²) in [6.07, 6.45) is 4.35. The molecule has 0 aliphatic heterocycles. The molecular formula is C22H24ClN3S2. The predicted molar refractivity (Wildman–Crippen MR) is 122 cm³/mol. The van der Waals surface area contributed by atoms with Crippen LogP contribution in [0.3, 0.4) is 0 Å². The van der Waals surface area contributed by atoms with Crippen molar-refractivity contribution >= 4 is 46.5 Å². The van der Waals surface area contributed by atoms with Crippen LogP contribution in [0.2, 0.25) is 5.02 Å². The van der Waals surface area contributed by atoms with Crippen molar-refractivity contribution < 1.29 is 0 Å². The van der Waals surface area contributed by atoms with Crippen LogP contribution in [0.25, 0.3) is 0 Å². The summed E-state index contributed by atoms with van der Waals surface area (Å²) < 4.78 is 0. The zero-order chi connectivity index (χ0) is 20.4. The fourth-order valence-electron chi connectivity index (χ4n) is 2.58. The van der Waals surface area contributed by atoms with Crippen molar-refractivity contribution in [2.45, 2.75) is 49.3 Å². The van der Waals surface area contributed by atoms with Gasteiger partial charge in [0, 0.05) is 15.5 Å². The predicted octanol–water partition coefficient (Wildman–Crippen LogP) is 7.61. The summed E-state index contributed by atoms with van der Waals surface area (Å²) >= 11 is 10.0. The zero-order valence-electron chi connectivity index (χ0n) is 16.2. The summed E-state index contributed by atoms with van der Waals surface area (Å²) in [6.45, 7) is 4.31. The van der Waals surface area contributed by atoms with Gasteiger partial charge in [0.15, 0.2) is 0 Å². The molecule has 0 bridgehead atoms. The van der Waals surface area contributed by atoms with Crippen molar-refractivity contribution in [1.29, 1.82) is 10.5 Å². The van der Waals surface area contributed by atoms with E-state index in [1.807, 2.05) is 30.3 Å². The Morgan fingerprint density at radius 2 is 1.46 bits per heavy atom. The fraction of sp³-hybridized carbons (Fsp3) is 0.364. The lowest BCUT2D eigenvalue weighted by molar-refractivity contribution is 0.893. The number of para-hydroxylation sites is 1. The van der Waals surface area contributed by atoms with Crippen molar-refractivity contribution in [2.75, 3.05) is 16.8 Å². The fourth-order valence-corrected chi connectivity index (χ4v) is 5.65. The number of unbranched alkanes of at least 4 members (excludes halogenated alkanes) is 2. The molecule has 0 fully saturated rings. The second-order valence-electron chi connectivity index (χ2n) is 6.22. The van der Waals surface area contributed by atoms with E-state index in [9.17, 15) is 10.5 Å². The number of anilines is 2. The molecule has 0 unspecified atom stereocenters. The molecule has 2 aromatic rings. The summed E-state index contributed by atoms with van der Waals surface area (Å²) in [6, 6.07) is 14.1. The molecule has 0 aromatic heterocycles. The number of rotatable bonds is 10. The number of halogens is 1. The molecular weight excluding hydrogens is 406 g/mol. The van der Waals surface area contributed by atoms with Crippen molar-refractivity contribution in [3.63, 3.8) is 0 Å². The summed E-state index contributed by atoms with van der Waals surface area (Å²) in [4.78, 5) is 1.88. The first-order valence-electron chi connectivity index (χ1n) is 9.45. The van der Waals surface area contributed by atoms with E-state index in [-0.39, 0.29) is 5.56 Å². The van der Waals surface area contributed by atoms with Gasteiger partial charge in [-0.25, -0.2) is 0 Å². The molecule has 2 rings (SSSR count). The standard InChI is InChI=1S/C22H24ClN3S2/c1-3-5-12-27-21-19(23)17(14-24)18(15-25)20(22(21)28-13-6-4-2)26-16-10-8-7-9-11-16/h7-11,26H,3-6,12-13H2,1-2H3. The van der Waals surface area contributed by atoms with Gasteiger partial charge in [0.2, 0.25) is 0 Å². The molecule has 2 aromatic carbocycles. The molecule has 0 heterocycles. The van der Waals surface area contributed by atoms with Crippen LogP contribution in [0, 0.1) is 22.7 Å². The first-order valence-corrected chi connectivity index (χ1v) is 11.8. The molecule has 0 spiro atoms. The molecule has 0 saturated heterocycles. The molecule has 6 heteroatoms. The van der Waals surface area contributed by atoms with Gasteiger partial charge < -0.3 is 5.32 Å². The molecule has 0 amide bonds. The Balaban J connectivity index is 2.63. The second kappa shape index (κ2) is 11.9. The minimum absolute atomic E-state index is 0.251. The van der Waals surface area contributed by atoms with E-state index in [0.29, 0.717) is 16.3 Å². The number of nitrogens with one attached hydrogen (secondary N) is 1. The van der Waals surface area contributed by atoms with E-state index < -0.39 is 0 Å². The van der Waals surface area contributed by atoms with Gasteiger partial charge in [0.1, 0.15) is 12.1 Å². The number of benzene rings is 2. The van der Waals surface area contributed by atoms with Gasteiger partial charge in [-0.2, -0.15) is 10.5 Å². The average molecular weight is 430 g/mol. The van der Waals surface area contributed by atoms with Crippen molar-refractivity contribution in [1.82, 2.24) is 0 Å². The topological polar surface area (TPSA) is 59.6 Å². The van der Waals surface area contributed by atoms with Crippen LogP contribution >= 0.6 is 35.1 Å². The summed E-state index contributed by atoms with van der Waals surface area (Å²) in [5, 5.41) is 23.3. The van der Waals surface area contributed by atoms with Gasteiger partial charge in [-0.15, -0.1) is 23.5 Å². The Morgan fingerprint density at radius 1 is 0.893 bits per heavy atom. The highest BCUT2D eigenvalue weighted by atomic mass is 35.5. The normalized spacial score (nSPS) is 10.3. The van der Waals surface area contributed by atoms with Gasteiger partial charge in [-0.05, 0) is 36.5 Å². The highest BCUT2D eigenvalue weighted by molar-refractivity contribution is 8.02. The Bertz CT molecular complexity index is 870. The first-order chi connectivity index (χ1) is 13.7. The van der Waals surface area contributed by atoms with E-state index in [2.05, 4.69) is 31.3 Å². The van der Waals surface area contributed by atoms with Crippen LogP contribution in [0.1, 0.15) is 50.7 Å². The molecule has 0 saturated carbocycles. The smallest absolute Gasteiger partial charge is 0.103 e. The zero-order valence-corrected chi connectivity index (χ0v) is 18.6. The maximum absolute atomic E-state index is 9.82. The quantitative estimate of drug-likeness (QED) is 0.311. The third-order valence-corrected chi connectivity index (χ3v) is 7.11. The Labute approximate surface area is 181 Å². The van der Waals surface area contributed by atoms with Crippen molar-refractivity contribution in [3.05, 3.63) is 46.5 Å². The van der Waals surface area contributed by atoms with Gasteiger partial charge in [0.05, 0.1) is 21.8 Å². The molecule has 3 nitrogen and oxygen atoms in total. The lowest BCUT2D eigenvalue weighted by atomic mass is 10.1. The Morgan fingerprint density at radius 3 is 2.00 bits per heavy atom. The van der Waals surface area contributed by atoms with Crippen LogP contribution in [0.15, 0.2) is 40.1 Å². The largest absolute Gasteiger partial charge is 0.353 e. The maximum atomic E-state index is 9.82. The summed E-state index contributed by atoms with van der Waals surface area (Å²) in [5.74, 6) is 1.87. The van der Waals surface area contributed by atoms with Gasteiger partial charge in [-0.3, -0.25) is 0 Å². The van der Waals surface area contributed by atoms with Crippen LogP contribution < -0.4 is 5.32 Å². The Hall–Kier alpha value is -1.79. The van der Waals surface area contributed by atoms with Gasteiger partial charge in [-0.1, -0.05) is 56.5 Å². The molecule has 0 aliphatic carbocycles. The highest BCUT2D eigenvalue weighted by Crippen LogP contribution is 2.47. The summed E-state index contributed by atoms with van der Waals surface area (Å²) in [5.41, 5.74) is 2.14. The molecule has 0 atom stereocenters. The SMILES string of the molecule is CCCCSc1c(Cl)c(C#N)c(C#N)c(Nc2ccccc2)c1SCCCC. The third-order valence-electron chi connectivity index (χ3n) is 4.11. The van der Waals surface area contributed by atoms with Crippen LogP contribution in [-0.2, 0) is 0 Å². The van der Waals surface area contributed by atoms with E-state index in [1.165, 1.54) is 0 Å². The lowest BCUT2D eigenvalue weighted by Gasteiger charge is -2.20. The molecule has 146 valence electrons. The number of nitriles is 2. The van der Waals surface area contributed by atoms with Gasteiger partial charge >= 0.3 is 0 Å². The monoisotopic (exact) mass is 429 g/mol. The number of thioether (sulfide) groups is 2. The molecule has 0 aliphatic rings. The second-order valence-corrected chi connectivity index (χ2v) is 8.80. The van der Waals surface area contributed by atoms with Crippen LogP contribution in [0.5, 0.6) is 0 Å². The lowest BCUT2D eigenvalue weighted by Crippen LogP contribution is -2.02. The number of hydrogen-bond acceptors (Lipinski definition) is 5. The molecule has 0 radical (unpaired) electrons. The minimum atomic E-state index is 0.251. The average Bonchev–Trinajstić information content (AvgIpc) is 2.72. The number of nitrogens with zero attached hydrogens (tertiary/aromatic N) is 2. The number of hydrogen-bond donors (Lipinski definition) is 1. The van der Waals surface area contributed by atoms with E-state index >= 15 is 0 Å². The molecule has 1 N–H and O–H groups in total. The van der Waals surface area contributed by atoms with Crippen molar-refractivity contribution in [2.24, 2.45) is 0 Å². The van der Waals surface area contributed by atoms with E-state index in [4.69, 9.17) is 11.6 Å². The van der Waals surface area contributed by atoms with E-state index in [0.717, 1.165) is 52.7 Å². The Kier molecular flexibility index (Phi) is 9.58. The van der Waals surface area contributed by atoms with Crippen LogP contribution in [0.4, 0.5) is 11.4 Å².